The van der Waals surface area contributed by atoms with Crippen LogP contribution in [0.15, 0.2) is 60.7 Å². The number of nitrogens with one attached hydrogen (secondary N) is 2. The first-order valence-electron chi connectivity index (χ1n) is 22.1. The molecule has 2 aromatic rings. The number of aliphatic hydroxyl groups excluding tert-OH is 2. The minimum atomic E-state index is -3.29. The molecule has 0 spiro atoms. The van der Waals surface area contributed by atoms with Crippen LogP contribution in [0.25, 0.3) is 0 Å². The Labute approximate surface area is 382 Å². The first kappa shape index (κ1) is 60.3. The van der Waals surface area contributed by atoms with Gasteiger partial charge in [-0.15, -0.1) is 0 Å². The van der Waals surface area contributed by atoms with Gasteiger partial charge >= 0.3 is 11.9 Å². The van der Waals surface area contributed by atoms with Crippen LogP contribution < -0.4 is 9.44 Å². The summed E-state index contributed by atoms with van der Waals surface area (Å²) < 4.78 is 76.6. The molecule has 0 unspecified atom stereocenters. The zero-order valence-electron chi connectivity index (χ0n) is 39.4. The lowest BCUT2D eigenvalue weighted by Gasteiger charge is -2.21. The van der Waals surface area contributed by atoms with Crippen molar-refractivity contribution in [3.63, 3.8) is 0 Å². The van der Waals surface area contributed by atoms with Crippen LogP contribution in [0.3, 0.4) is 0 Å². The van der Waals surface area contributed by atoms with E-state index in [2.05, 4.69) is 33.1 Å². The molecule has 0 radical (unpaired) electrons. The average molecular weight is 949 g/mol. The fraction of sp³-hybridized carbons (Fsp3) is 0.652. The highest BCUT2D eigenvalue weighted by molar-refractivity contribution is 7.92. The monoisotopic (exact) mass is 949 g/mol. The van der Waals surface area contributed by atoms with E-state index in [0.717, 1.165) is 114 Å². The summed E-state index contributed by atoms with van der Waals surface area (Å²) in [7, 11) is -6.58. The zero-order chi connectivity index (χ0) is 49.0. The number of halogens is 2. The Hall–Kier alpha value is -3.68. The SMILES string of the molecule is CCN(CCCCCC(C)(C)F)CCC[C@H](O)c1ccc(NS(C)(=O)=O)cc1.CCN(CCCCCC(C)(C)F)CCC[C@H](O)c1ccc(NS(C)(=O)=O)cc1.O=C(O)/C=C/C(=O)O. The van der Waals surface area contributed by atoms with Crippen molar-refractivity contribution in [3.05, 3.63) is 71.8 Å². The van der Waals surface area contributed by atoms with Gasteiger partial charge in [-0.25, -0.2) is 35.2 Å². The number of rotatable bonds is 30. The maximum atomic E-state index is 13.5. The molecule has 0 amide bonds. The van der Waals surface area contributed by atoms with Gasteiger partial charge in [0.25, 0.3) is 0 Å². The van der Waals surface area contributed by atoms with E-state index in [1.807, 2.05) is 0 Å². The second kappa shape index (κ2) is 31.3. The Balaban J connectivity index is 0.00000106. The van der Waals surface area contributed by atoms with Crippen LogP contribution in [0.5, 0.6) is 0 Å². The van der Waals surface area contributed by atoms with Gasteiger partial charge in [-0.1, -0.05) is 63.8 Å². The zero-order valence-corrected chi connectivity index (χ0v) is 41.0. The average Bonchev–Trinajstić information content (AvgIpc) is 3.17. The standard InChI is InChI=1S/2C21H37FN2O3S.C4H4O4/c2*1-5-24(16-8-6-7-15-21(2,3)22)17-9-10-20(25)18-11-13-19(14-12-18)23-28(4,26)27;5-3(6)1-2-4(7)8/h2*11-14,20,23,25H,5-10,15-17H2,1-4H3;1-2H,(H,5,6)(H,7,8)/b;;2-1+/t2*20-;/m00./s1. The molecule has 6 N–H and O–H groups in total. The summed E-state index contributed by atoms with van der Waals surface area (Å²) in [5.74, 6) is -2.51. The van der Waals surface area contributed by atoms with E-state index in [9.17, 15) is 45.4 Å². The molecular weight excluding hydrogens is 871 g/mol. The van der Waals surface area contributed by atoms with Crippen LogP contribution in [0.1, 0.15) is 142 Å². The van der Waals surface area contributed by atoms with Gasteiger partial charge in [-0.2, -0.15) is 0 Å². The number of nitrogens with zero attached hydrogens (tertiary/aromatic N) is 2. The van der Waals surface area contributed by atoms with Gasteiger partial charge in [0.05, 0.1) is 24.7 Å². The molecule has 0 heterocycles. The van der Waals surface area contributed by atoms with E-state index in [0.29, 0.717) is 49.2 Å². The van der Waals surface area contributed by atoms with Gasteiger partial charge in [-0.05, 0) is 154 Å². The van der Waals surface area contributed by atoms with Crippen molar-refractivity contribution in [3.8, 4) is 0 Å². The second-order valence-electron chi connectivity index (χ2n) is 17.2. The molecule has 0 aliphatic heterocycles. The Morgan fingerprint density at radius 3 is 1.12 bits per heavy atom. The number of carbonyl (C=O) groups is 2. The highest BCUT2D eigenvalue weighted by Gasteiger charge is 2.16. The van der Waals surface area contributed by atoms with Crippen LogP contribution in [-0.2, 0) is 29.6 Å². The normalized spacial score (nSPS) is 13.2. The lowest BCUT2D eigenvalue weighted by atomic mass is 10.0. The van der Waals surface area contributed by atoms with Crippen molar-refractivity contribution in [2.45, 2.75) is 142 Å². The van der Waals surface area contributed by atoms with Gasteiger partial charge in [0.2, 0.25) is 20.0 Å². The molecule has 0 saturated carbocycles. The number of hydrogen-bond donors (Lipinski definition) is 6. The molecule has 0 bridgehead atoms. The number of anilines is 2. The molecule has 0 fully saturated rings. The van der Waals surface area contributed by atoms with Crippen molar-refractivity contribution < 1.29 is 55.6 Å². The highest BCUT2D eigenvalue weighted by Crippen LogP contribution is 2.23. The van der Waals surface area contributed by atoms with Gasteiger partial charge in [0, 0.05) is 23.5 Å². The summed E-state index contributed by atoms with van der Waals surface area (Å²) in [6.07, 6.45) is 12.6. The highest BCUT2D eigenvalue weighted by atomic mass is 32.2. The third-order valence-corrected chi connectivity index (χ3v) is 11.1. The van der Waals surface area contributed by atoms with Crippen LogP contribution >= 0.6 is 0 Å². The van der Waals surface area contributed by atoms with E-state index < -0.39 is 55.5 Å². The molecule has 0 aliphatic carbocycles. The molecule has 2 rings (SSSR count). The summed E-state index contributed by atoms with van der Waals surface area (Å²) in [6.45, 7) is 16.6. The number of carboxylic acid groups (broad SMARTS) is 2. The van der Waals surface area contributed by atoms with Crippen LogP contribution in [0, 0.1) is 0 Å². The minimum Gasteiger partial charge on any atom is -0.478 e. The number of aliphatic hydroxyl groups is 2. The molecule has 2 atom stereocenters. The van der Waals surface area contributed by atoms with Crippen LogP contribution in [-0.4, -0.2) is 122 Å². The number of unbranched alkanes of at least 4 members (excludes halogenated alkanes) is 4. The third kappa shape index (κ3) is 35.6. The van der Waals surface area contributed by atoms with E-state index in [1.165, 1.54) is 0 Å². The maximum absolute atomic E-state index is 13.5. The summed E-state index contributed by atoms with van der Waals surface area (Å²) in [6, 6.07) is 13.7. The van der Waals surface area contributed by atoms with E-state index in [4.69, 9.17) is 10.2 Å². The minimum absolute atomic E-state index is 0.492. The Morgan fingerprint density at radius 2 is 0.875 bits per heavy atom. The third-order valence-electron chi connectivity index (χ3n) is 9.86. The molecule has 2 aromatic carbocycles. The molecule has 368 valence electrons. The number of benzene rings is 2. The number of alkyl halides is 2. The molecule has 0 saturated heterocycles. The quantitative estimate of drug-likeness (QED) is 0.0321. The molecular formula is C46H78F2N4O10S2. The summed E-state index contributed by atoms with van der Waals surface area (Å²) in [5.41, 5.74) is 0.421. The molecule has 14 nitrogen and oxygen atoms in total. The van der Waals surface area contributed by atoms with Crippen molar-refractivity contribution >= 4 is 43.4 Å². The smallest absolute Gasteiger partial charge is 0.328 e. The van der Waals surface area contributed by atoms with Gasteiger partial charge in [-0.3, -0.25) is 9.44 Å². The predicted octanol–water partition coefficient (Wildman–Crippen LogP) is 8.72. The first-order chi connectivity index (χ1) is 29.6. The number of aliphatic carboxylic acids is 2. The van der Waals surface area contributed by atoms with Crippen LogP contribution in [0.4, 0.5) is 20.2 Å². The fourth-order valence-corrected chi connectivity index (χ4v) is 7.57. The van der Waals surface area contributed by atoms with Crippen molar-refractivity contribution in [1.29, 1.82) is 0 Å². The first-order valence-corrected chi connectivity index (χ1v) is 25.9. The summed E-state index contributed by atoms with van der Waals surface area (Å²) >= 11 is 0. The Kier molecular flexibility index (Phi) is 29.5. The number of carboxylic acids is 2. The van der Waals surface area contributed by atoms with Crippen molar-refractivity contribution in [2.24, 2.45) is 0 Å². The van der Waals surface area contributed by atoms with Gasteiger partial charge in [0.15, 0.2) is 0 Å². The Morgan fingerprint density at radius 1 is 0.578 bits per heavy atom. The summed E-state index contributed by atoms with van der Waals surface area (Å²) in [5, 5.41) is 36.3. The number of hydrogen-bond acceptors (Lipinski definition) is 10. The number of sulfonamides is 2. The van der Waals surface area contributed by atoms with E-state index in [-0.39, 0.29) is 0 Å². The maximum Gasteiger partial charge on any atom is 0.328 e. The lowest BCUT2D eigenvalue weighted by Crippen LogP contribution is -2.26. The summed E-state index contributed by atoms with van der Waals surface area (Å²) in [4.78, 5) is 23.8. The predicted molar refractivity (Wildman–Crippen MR) is 254 cm³/mol. The van der Waals surface area contributed by atoms with Crippen molar-refractivity contribution in [2.75, 3.05) is 61.2 Å². The van der Waals surface area contributed by atoms with Gasteiger partial charge in [0.1, 0.15) is 11.3 Å². The lowest BCUT2D eigenvalue weighted by molar-refractivity contribution is -0.134. The molecule has 0 aromatic heterocycles. The Bertz CT molecular complexity index is 1700. The van der Waals surface area contributed by atoms with Crippen molar-refractivity contribution in [1.82, 2.24) is 9.80 Å². The van der Waals surface area contributed by atoms with E-state index >= 15 is 0 Å². The largest absolute Gasteiger partial charge is 0.478 e. The van der Waals surface area contributed by atoms with Gasteiger partial charge < -0.3 is 30.2 Å². The second-order valence-corrected chi connectivity index (χ2v) is 20.7. The molecule has 64 heavy (non-hydrogen) atoms. The molecule has 0 aliphatic rings. The molecule has 18 heteroatoms. The fourth-order valence-electron chi connectivity index (χ4n) is 6.44. The van der Waals surface area contributed by atoms with E-state index in [1.54, 1.807) is 76.2 Å². The van der Waals surface area contributed by atoms with Crippen LogP contribution in [0.2, 0.25) is 0 Å². The topological polar surface area (TPSA) is 214 Å².